The van der Waals surface area contributed by atoms with Gasteiger partial charge in [0.1, 0.15) is 104 Å². The van der Waals surface area contributed by atoms with Crippen molar-refractivity contribution in [2.24, 2.45) is 5.73 Å². The number of benzene rings is 4. The quantitative estimate of drug-likeness (QED) is 0.0265. The first-order valence-corrected chi connectivity index (χ1v) is 45.5. The predicted molar refractivity (Wildman–Crippen MR) is 511 cm³/mol. The van der Waals surface area contributed by atoms with E-state index in [0.29, 0.717) is 74.3 Å². The largest absolute Gasteiger partial charge is 0.492 e. The molecule has 1 saturated heterocycles. The number of fused-ring (bicyclic) bond motifs is 4. The number of morpholine rings is 1. The van der Waals surface area contributed by atoms with Crippen molar-refractivity contribution in [3.63, 3.8) is 0 Å². The minimum absolute atomic E-state index is 0.0210. The van der Waals surface area contributed by atoms with Crippen LogP contribution in [0.25, 0.3) is 89.2 Å². The summed E-state index contributed by atoms with van der Waals surface area (Å²) in [4.78, 5) is 65.7. The first-order chi connectivity index (χ1) is 58.5. The van der Waals surface area contributed by atoms with E-state index in [0.717, 1.165) is 138 Å². The molecule has 0 aliphatic carbocycles. The topological polar surface area (TPSA) is 321 Å². The van der Waals surface area contributed by atoms with E-state index < -0.39 is 11.1 Å². The molecule has 0 spiro atoms. The molecule has 12 aromatic rings. The van der Waals surface area contributed by atoms with Crippen LogP contribution in [-0.4, -0.2) is 191 Å². The normalized spacial score (nSPS) is 12.8. The maximum absolute atomic E-state index is 12.5. The Labute approximate surface area is 751 Å². The summed E-state index contributed by atoms with van der Waals surface area (Å²) < 4.78 is 53.5. The van der Waals surface area contributed by atoms with E-state index in [1.165, 1.54) is 4.90 Å². The second kappa shape index (κ2) is 41.3. The molecule has 672 valence electrons. The van der Waals surface area contributed by atoms with Crippen LogP contribution in [0, 0.1) is 0 Å². The lowest BCUT2D eigenvalue weighted by Crippen LogP contribution is -2.42. The highest BCUT2D eigenvalue weighted by atomic mass is 32.1. The summed E-state index contributed by atoms with van der Waals surface area (Å²) >= 11 is 6.22. The summed E-state index contributed by atoms with van der Waals surface area (Å²) in [6.07, 6.45) is 0. The summed E-state index contributed by atoms with van der Waals surface area (Å²) in [6, 6.07) is 31.7. The van der Waals surface area contributed by atoms with E-state index in [9.17, 15) is 14.7 Å². The number of hydrogen-bond acceptors (Lipinski definition) is 29. The third-order valence-electron chi connectivity index (χ3n) is 17.1. The smallest absolute Gasteiger partial charge is 0.260 e. The molecule has 0 unspecified atom stereocenters. The van der Waals surface area contributed by atoms with Gasteiger partial charge in [-0.3, -0.25) is 9.59 Å². The lowest BCUT2D eigenvalue weighted by Gasteiger charge is -2.26. The number of pyridine rings is 4. The fourth-order valence-electron chi connectivity index (χ4n) is 11.9. The molecular formula is C94H125N15O12S4. The molecule has 0 atom stereocenters. The van der Waals surface area contributed by atoms with Crippen molar-refractivity contribution in [3.8, 4) is 91.5 Å². The number of amides is 2. The van der Waals surface area contributed by atoms with Crippen molar-refractivity contribution in [2.45, 2.75) is 224 Å². The maximum Gasteiger partial charge on any atom is 0.260 e. The van der Waals surface area contributed by atoms with Crippen LogP contribution < -0.4 is 64.9 Å². The molecule has 7 N–H and O–H groups in total. The molecule has 1 aliphatic rings. The molecule has 9 heterocycles. The number of nitrogens with zero attached hydrogens (tertiary/aromatic N) is 10. The molecular weight excluding hydrogens is 1660 g/mol. The zero-order valence-electron chi connectivity index (χ0n) is 77.1. The van der Waals surface area contributed by atoms with Gasteiger partial charge in [0.25, 0.3) is 11.8 Å². The summed E-state index contributed by atoms with van der Waals surface area (Å²) in [6.45, 7) is 51.1. The first-order valence-electron chi connectivity index (χ1n) is 42.0. The van der Waals surface area contributed by atoms with Crippen molar-refractivity contribution in [3.05, 3.63) is 119 Å². The van der Waals surface area contributed by atoms with Crippen molar-refractivity contribution in [2.75, 3.05) is 88.1 Å². The molecule has 31 heteroatoms. The Kier molecular flexibility index (Phi) is 31.9. The molecule has 0 radical (unpaired) electrons. The number of carbonyl (C=O) groups is 2. The van der Waals surface area contributed by atoms with Crippen molar-refractivity contribution in [1.82, 2.24) is 49.7 Å². The summed E-state index contributed by atoms with van der Waals surface area (Å²) in [7, 11) is 3.40. The number of carbonyl (C=O) groups excluding carboxylic acids is 2. The van der Waals surface area contributed by atoms with E-state index >= 15 is 0 Å². The van der Waals surface area contributed by atoms with Gasteiger partial charge in [0, 0.05) is 148 Å². The van der Waals surface area contributed by atoms with Crippen molar-refractivity contribution in [1.29, 1.82) is 0 Å². The number of hydrogen-bond donors (Lipinski definition) is 6. The summed E-state index contributed by atoms with van der Waals surface area (Å²) in [5, 5.41) is 38.3. The highest BCUT2D eigenvalue weighted by Crippen LogP contribution is 2.41. The van der Waals surface area contributed by atoms with Crippen LogP contribution in [0.15, 0.2) is 119 Å². The Hall–Kier alpha value is -10.5. The Morgan fingerprint density at radius 2 is 0.680 bits per heavy atom. The highest BCUT2D eigenvalue weighted by Gasteiger charge is 2.26. The number of aromatic nitrogens is 8. The number of ether oxygens (including phenoxy) is 9. The van der Waals surface area contributed by atoms with E-state index in [1.54, 1.807) is 78.2 Å². The van der Waals surface area contributed by atoms with Crippen LogP contribution >= 0.6 is 45.3 Å². The Balaban J connectivity index is 0.000000174. The van der Waals surface area contributed by atoms with Gasteiger partial charge in [0.15, 0.2) is 33.7 Å². The van der Waals surface area contributed by atoms with Gasteiger partial charge in [-0.1, -0.05) is 0 Å². The average molecular weight is 1790 g/mol. The Morgan fingerprint density at radius 1 is 0.408 bits per heavy atom. The molecule has 0 saturated carbocycles. The van der Waals surface area contributed by atoms with Gasteiger partial charge < -0.3 is 84.5 Å². The molecule has 1 fully saturated rings. The number of anilines is 4. The molecule has 8 aromatic heterocycles. The second-order valence-corrected chi connectivity index (χ2v) is 40.6. The van der Waals surface area contributed by atoms with Crippen molar-refractivity contribution >= 4 is 121 Å². The van der Waals surface area contributed by atoms with Gasteiger partial charge in [0.2, 0.25) is 0 Å². The highest BCUT2D eigenvalue weighted by molar-refractivity contribution is 7.15. The fraction of sp³-hybridized carbons (Fsp3) is 0.468. The number of likely N-dealkylation sites (N-methyl/N-ethyl adjacent to an activating group) is 1. The molecule has 4 aromatic carbocycles. The fourth-order valence-corrected chi connectivity index (χ4v) is 15.3. The summed E-state index contributed by atoms with van der Waals surface area (Å²) in [5.74, 6) is 5.38. The number of rotatable bonds is 28. The average Bonchev–Trinajstić information content (AvgIpc) is 1.76. The van der Waals surface area contributed by atoms with Gasteiger partial charge in [0.05, 0.1) is 63.7 Å². The molecule has 27 nitrogen and oxygen atoms in total. The van der Waals surface area contributed by atoms with Crippen LogP contribution in [0.2, 0.25) is 0 Å². The van der Waals surface area contributed by atoms with E-state index in [4.69, 9.17) is 78.3 Å². The molecule has 13 rings (SSSR count). The van der Waals surface area contributed by atoms with Crippen LogP contribution in [0.3, 0.4) is 0 Å². The minimum Gasteiger partial charge on any atom is -0.492 e. The van der Waals surface area contributed by atoms with Crippen LogP contribution in [0.1, 0.15) is 166 Å². The lowest BCUT2D eigenvalue weighted by molar-refractivity contribution is -0.137. The van der Waals surface area contributed by atoms with Gasteiger partial charge >= 0.3 is 0 Å². The Bertz CT molecular complexity index is 5460. The van der Waals surface area contributed by atoms with E-state index in [2.05, 4.69) is 86.6 Å². The Morgan fingerprint density at radius 3 is 0.936 bits per heavy atom. The van der Waals surface area contributed by atoms with Gasteiger partial charge in [-0.2, -0.15) is 0 Å². The van der Waals surface area contributed by atoms with Crippen LogP contribution in [-0.2, 0) is 14.3 Å². The monoisotopic (exact) mass is 1780 g/mol. The van der Waals surface area contributed by atoms with E-state index in [1.807, 2.05) is 216 Å². The SMILES string of the molecule is CC(C)Nc1nc(-c2cc(OC(C)(C)C)c3ccc(OCC(=O)N(C)C)cc3n2)cs1.CC(C)Nc1nc(-c2cc(OC(C)(C)C)c3ccc(OCC(=O)N4CCOCC4)cc3n2)cs1.CC(C)Nc1nc(-c2cc(OC(C)(C)C)c3ccc(OCC(C)(C)N)cc3n2)cs1.CC(C)Nc1nc(-c2cc(OC(C)(C)C)c3ccc(OCC(C)(C)O)cc3n2)cs1. The third kappa shape index (κ3) is 30.4. The third-order valence-corrected chi connectivity index (χ3v) is 20.2. The number of aliphatic hydroxyl groups is 1. The molecule has 125 heavy (non-hydrogen) atoms. The lowest BCUT2D eigenvalue weighted by atomic mass is 10.1. The van der Waals surface area contributed by atoms with Crippen LogP contribution in [0.4, 0.5) is 20.5 Å². The zero-order valence-corrected chi connectivity index (χ0v) is 80.4. The predicted octanol–water partition coefficient (Wildman–Crippen LogP) is 20.4. The molecule has 1 aliphatic heterocycles. The molecule has 0 bridgehead atoms. The van der Waals surface area contributed by atoms with Crippen molar-refractivity contribution < 1.29 is 57.3 Å². The maximum atomic E-state index is 12.5. The van der Waals surface area contributed by atoms with Gasteiger partial charge in [-0.25, -0.2) is 39.9 Å². The van der Waals surface area contributed by atoms with Crippen LogP contribution in [0.5, 0.6) is 46.0 Å². The van der Waals surface area contributed by atoms with Gasteiger partial charge in [-0.15, -0.1) is 45.3 Å². The second-order valence-electron chi connectivity index (χ2n) is 37.2. The first kappa shape index (κ1) is 96.7. The number of thiazole rings is 4. The van der Waals surface area contributed by atoms with Gasteiger partial charge in [-0.05, 0) is 215 Å². The minimum atomic E-state index is -0.912. The van der Waals surface area contributed by atoms with E-state index in [-0.39, 0.29) is 54.0 Å². The standard InChI is InChI=1S/C25H32N4O4S.C23H30N4O3S.C23H32N4O2S.C23H31N3O3S/c1-16(2)26-24-28-21(15-34-24)20-13-22(33-25(3,4)5)18-7-6-17(12-19(18)27-20)32-14-23(30)29-8-10-31-11-9-29;1-14(2)24-22-26-19(13-31-22)18-11-20(30-23(3,4)5)16-9-8-15(10-17(16)25-18)29-12-21(28)27(6)7;1-14(2)25-21-27-19(12-30-21)18-11-20(29-22(3,4)5)16-9-8-15(10-17(16)26-18)28-13-23(6,7)24;1-14(2)24-21-26-19(12-30-21)18-11-20(29-22(3,4)5)16-9-8-15(10-17(16)25-18)28-13-23(6,7)27/h6-7,12-13,15-16H,8-11,14H2,1-5H3,(H,26,28);8-11,13-14H,12H2,1-7H3,(H,24,26);8-12,14H,13,24H2,1-7H3,(H,25,27);8-12,14,27H,13H2,1-7H3,(H,24,26). The number of nitrogens with two attached hydrogens (primary N) is 1. The zero-order chi connectivity index (χ0) is 91.3. The molecule has 2 amide bonds. The summed E-state index contributed by atoms with van der Waals surface area (Å²) in [5.41, 5.74) is 12.4. The number of nitrogens with one attached hydrogen (secondary N) is 4.